The van der Waals surface area contributed by atoms with Gasteiger partial charge < -0.3 is 10.2 Å². The van der Waals surface area contributed by atoms with Crippen LogP contribution in [0.2, 0.25) is 0 Å². The normalized spacial score (nSPS) is 12.0. The van der Waals surface area contributed by atoms with Gasteiger partial charge in [0.15, 0.2) is 0 Å². The van der Waals surface area contributed by atoms with E-state index in [2.05, 4.69) is 5.32 Å². The van der Waals surface area contributed by atoms with Crippen molar-refractivity contribution < 1.29 is 18.0 Å². The van der Waals surface area contributed by atoms with Crippen LogP contribution >= 0.6 is 0 Å². The summed E-state index contributed by atoms with van der Waals surface area (Å²) in [4.78, 5) is 29.2. The van der Waals surface area contributed by atoms with Gasteiger partial charge in [-0.3, -0.25) is 13.9 Å². The minimum absolute atomic E-state index is 0.103. The van der Waals surface area contributed by atoms with Crippen LogP contribution in [0.4, 0.5) is 5.69 Å². The Morgan fingerprint density at radius 3 is 2.15 bits per heavy atom. The Morgan fingerprint density at radius 1 is 0.854 bits per heavy atom. The van der Waals surface area contributed by atoms with Crippen LogP contribution in [0, 0.1) is 27.7 Å². The van der Waals surface area contributed by atoms with Crippen molar-refractivity contribution >= 4 is 27.5 Å². The number of carbonyl (C=O) groups is 2. The number of benzene rings is 3. The second kappa shape index (κ2) is 14.3. The molecular formula is C33H43N3O4S. The van der Waals surface area contributed by atoms with Gasteiger partial charge in [0, 0.05) is 13.1 Å². The van der Waals surface area contributed by atoms with E-state index >= 15 is 0 Å². The molecule has 3 rings (SSSR count). The highest BCUT2D eigenvalue weighted by Crippen LogP contribution is 2.29. The number of aryl methyl sites for hydroxylation is 3. The molecule has 0 bridgehead atoms. The fraction of sp³-hybridized carbons (Fsp3) is 0.394. The Labute approximate surface area is 245 Å². The summed E-state index contributed by atoms with van der Waals surface area (Å²) in [7, 11) is -4.10. The molecule has 1 N–H and O–H groups in total. The van der Waals surface area contributed by atoms with Crippen molar-refractivity contribution in [3.05, 3.63) is 94.5 Å². The first kappa shape index (κ1) is 31.9. The summed E-state index contributed by atoms with van der Waals surface area (Å²) in [6.07, 6.45) is 2.16. The second-order valence-electron chi connectivity index (χ2n) is 10.6. The van der Waals surface area contributed by atoms with E-state index in [0.29, 0.717) is 18.7 Å². The van der Waals surface area contributed by atoms with Crippen LogP contribution in [0.1, 0.15) is 60.9 Å². The molecule has 0 aliphatic rings. The lowest BCUT2D eigenvalue weighted by Gasteiger charge is -2.34. The molecule has 1 unspecified atom stereocenters. The van der Waals surface area contributed by atoms with Crippen molar-refractivity contribution in [1.82, 2.24) is 10.2 Å². The fourth-order valence-corrected chi connectivity index (χ4v) is 6.22. The van der Waals surface area contributed by atoms with Gasteiger partial charge in [-0.1, -0.05) is 74.4 Å². The van der Waals surface area contributed by atoms with E-state index in [-0.39, 0.29) is 17.3 Å². The number of carbonyl (C=O) groups excluding carboxylic acids is 2. The molecule has 0 saturated heterocycles. The molecular weight excluding hydrogens is 534 g/mol. The lowest BCUT2D eigenvalue weighted by molar-refractivity contribution is -0.140. The van der Waals surface area contributed by atoms with Crippen LogP contribution in [-0.2, 0) is 26.2 Å². The van der Waals surface area contributed by atoms with Gasteiger partial charge in [-0.15, -0.1) is 0 Å². The van der Waals surface area contributed by atoms with Crippen molar-refractivity contribution in [1.29, 1.82) is 0 Å². The maximum atomic E-state index is 14.2. The van der Waals surface area contributed by atoms with Gasteiger partial charge in [0.05, 0.1) is 10.6 Å². The summed E-state index contributed by atoms with van der Waals surface area (Å²) in [6.45, 7) is 11.8. The Bertz CT molecular complexity index is 1450. The lowest BCUT2D eigenvalue weighted by Crippen LogP contribution is -2.52. The largest absolute Gasteiger partial charge is 0.354 e. The molecule has 0 aromatic heterocycles. The van der Waals surface area contributed by atoms with E-state index in [1.807, 2.05) is 71.9 Å². The highest BCUT2D eigenvalue weighted by Gasteiger charge is 2.34. The first-order valence-electron chi connectivity index (χ1n) is 14.3. The second-order valence-corrected chi connectivity index (χ2v) is 12.4. The Kier molecular flexibility index (Phi) is 11.1. The first-order valence-corrected chi connectivity index (χ1v) is 15.7. The van der Waals surface area contributed by atoms with E-state index in [9.17, 15) is 18.0 Å². The van der Waals surface area contributed by atoms with E-state index in [1.54, 1.807) is 36.4 Å². The van der Waals surface area contributed by atoms with Gasteiger partial charge in [-0.2, -0.15) is 0 Å². The molecule has 1 atom stereocenters. The number of sulfonamides is 1. The summed E-state index contributed by atoms with van der Waals surface area (Å²) in [5.41, 5.74) is 4.95. The number of hydrogen-bond acceptors (Lipinski definition) is 4. The van der Waals surface area contributed by atoms with Crippen molar-refractivity contribution in [2.75, 3.05) is 17.4 Å². The van der Waals surface area contributed by atoms with Gasteiger partial charge in [-0.25, -0.2) is 8.42 Å². The first-order chi connectivity index (χ1) is 19.5. The number of rotatable bonds is 13. The molecule has 0 radical (unpaired) electrons. The number of anilines is 1. The molecule has 0 aliphatic heterocycles. The number of unbranched alkanes of at least 4 members (excludes halogenated alkanes) is 1. The van der Waals surface area contributed by atoms with Crippen LogP contribution in [0.3, 0.4) is 0 Å². The quantitative estimate of drug-likeness (QED) is 0.259. The van der Waals surface area contributed by atoms with Crippen LogP contribution in [0.25, 0.3) is 0 Å². The third-order valence-corrected chi connectivity index (χ3v) is 9.32. The number of nitrogens with one attached hydrogen (secondary N) is 1. The molecule has 41 heavy (non-hydrogen) atoms. The Hall–Kier alpha value is -3.65. The maximum Gasteiger partial charge on any atom is 0.264 e. The fourth-order valence-electron chi connectivity index (χ4n) is 4.75. The zero-order chi connectivity index (χ0) is 30.2. The lowest BCUT2D eigenvalue weighted by atomic mass is 10.1. The number of nitrogens with zero attached hydrogens (tertiary/aromatic N) is 2. The number of hydrogen-bond donors (Lipinski definition) is 1. The third kappa shape index (κ3) is 7.76. The van der Waals surface area contributed by atoms with Crippen LogP contribution in [0.5, 0.6) is 0 Å². The highest BCUT2D eigenvalue weighted by molar-refractivity contribution is 7.92. The van der Waals surface area contributed by atoms with E-state index in [1.165, 1.54) is 9.21 Å². The molecule has 0 spiro atoms. The predicted molar refractivity (Wildman–Crippen MR) is 165 cm³/mol. The molecule has 0 aliphatic carbocycles. The van der Waals surface area contributed by atoms with Gasteiger partial charge in [-0.05, 0) is 81.0 Å². The molecule has 0 heterocycles. The minimum Gasteiger partial charge on any atom is -0.354 e. The maximum absolute atomic E-state index is 14.2. The van der Waals surface area contributed by atoms with Gasteiger partial charge >= 0.3 is 0 Å². The monoisotopic (exact) mass is 577 g/mol. The van der Waals surface area contributed by atoms with Crippen molar-refractivity contribution in [2.45, 2.75) is 78.3 Å². The van der Waals surface area contributed by atoms with E-state index in [4.69, 9.17) is 0 Å². The summed E-state index contributed by atoms with van der Waals surface area (Å²) in [5.74, 6) is -0.676. The minimum atomic E-state index is -4.10. The molecule has 220 valence electrons. The van der Waals surface area contributed by atoms with Crippen molar-refractivity contribution in [3.63, 3.8) is 0 Å². The Balaban J connectivity index is 2.09. The smallest absolute Gasteiger partial charge is 0.264 e. The summed E-state index contributed by atoms with van der Waals surface area (Å²) in [6, 6.07) is 19.0. The molecule has 0 saturated carbocycles. The van der Waals surface area contributed by atoms with Crippen LogP contribution in [0.15, 0.2) is 71.6 Å². The summed E-state index contributed by atoms with van der Waals surface area (Å²) in [5, 5.41) is 2.97. The van der Waals surface area contributed by atoms with Crippen molar-refractivity contribution in [3.8, 4) is 0 Å². The Morgan fingerprint density at radius 2 is 1.51 bits per heavy atom. The van der Waals surface area contributed by atoms with Crippen LogP contribution in [-0.4, -0.2) is 44.3 Å². The summed E-state index contributed by atoms with van der Waals surface area (Å²) < 4.78 is 29.4. The molecule has 0 fully saturated rings. The topological polar surface area (TPSA) is 86.8 Å². The van der Waals surface area contributed by atoms with Gasteiger partial charge in [0.25, 0.3) is 10.0 Å². The van der Waals surface area contributed by atoms with E-state index < -0.39 is 28.5 Å². The van der Waals surface area contributed by atoms with E-state index in [0.717, 1.165) is 40.7 Å². The number of amides is 2. The summed E-state index contributed by atoms with van der Waals surface area (Å²) >= 11 is 0. The zero-order valence-electron chi connectivity index (χ0n) is 25.1. The molecule has 7 nitrogen and oxygen atoms in total. The molecule has 8 heteroatoms. The highest BCUT2D eigenvalue weighted by atomic mass is 32.2. The molecule has 3 aromatic rings. The average molecular weight is 578 g/mol. The van der Waals surface area contributed by atoms with Crippen molar-refractivity contribution in [2.24, 2.45) is 0 Å². The molecule has 2 amide bonds. The third-order valence-electron chi connectivity index (χ3n) is 7.55. The predicted octanol–water partition coefficient (Wildman–Crippen LogP) is 5.84. The average Bonchev–Trinajstić information content (AvgIpc) is 2.94. The standard InChI is InChI=1S/C33H43N3O4S/c1-7-9-21-34-33(38)30(8-2)35(22-28-15-11-10-13-26(28)5)32(37)23-36(31-16-12-14-25(4)27(31)6)41(39,40)29-19-17-24(3)18-20-29/h10-20,30H,7-9,21-23H2,1-6H3,(H,34,38). The van der Waals surface area contributed by atoms with Crippen LogP contribution < -0.4 is 9.62 Å². The van der Waals surface area contributed by atoms with Gasteiger partial charge in [0.2, 0.25) is 11.8 Å². The molecule has 3 aromatic carbocycles. The SMILES string of the molecule is CCCCNC(=O)C(CC)N(Cc1ccccc1C)C(=O)CN(c1cccc(C)c1C)S(=O)(=O)c1ccc(C)cc1. The zero-order valence-corrected chi connectivity index (χ0v) is 25.9. The van der Waals surface area contributed by atoms with Gasteiger partial charge in [0.1, 0.15) is 12.6 Å².